The van der Waals surface area contributed by atoms with Gasteiger partial charge in [-0.3, -0.25) is 0 Å². The molecule has 0 heterocycles. The van der Waals surface area contributed by atoms with Crippen molar-refractivity contribution in [3.8, 4) is 5.75 Å². The smallest absolute Gasteiger partial charge is 0.124 e. The Morgan fingerprint density at radius 1 is 1.28 bits per heavy atom. The Kier molecular flexibility index (Phi) is 6.47. The molecule has 1 saturated carbocycles. The molecular weight excluding hydrogens is 314 g/mol. The quantitative estimate of drug-likeness (QED) is 0.885. The molecule has 0 unspecified atom stereocenters. The van der Waals surface area contributed by atoms with Gasteiger partial charge in [0.1, 0.15) is 5.75 Å². The molecule has 0 aromatic heterocycles. The second kappa shape index (κ2) is 7.37. The van der Waals surface area contributed by atoms with E-state index < -0.39 is 0 Å². The number of benzene rings is 1. The highest BCUT2D eigenvalue weighted by atomic mass is 79.9. The first-order valence-electron chi connectivity index (χ1n) is 6.31. The first kappa shape index (κ1) is 15.8. The summed E-state index contributed by atoms with van der Waals surface area (Å²) in [6, 6.07) is 6.24. The molecule has 0 spiro atoms. The van der Waals surface area contributed by atoms with Crippen molar-refractivity contribution >= 4 is 28.3 Å². The number of hydrogen-bond donors (Lipinski definition) is 1. The van der Waals surface area contributed by atoms with Crippen LogP contribution in [0.5, 0.6) is 5.75 Å². The van der Waals surface area contributed by atoms with E-state index in [4.69, 9.17) is 10.5 Å². The molecule has 2 rings (SSSR count). The highest BCUT2D eigenvalue weighted by molar-refractivity contribution is 9.10. The van der Waals surface area contributed by atoms with Crippen molar-refractivity contribution in [1.82, 2.24) is 0 Å². The van der Waals surface area contributed by atoms with E-state index >= 15 is 0 Å². The Hall–Kier alpha value is -0.250. The second-order valence-corrected chi connectivity index (χ2v) is 5.73. The molecule has 1 aromatic rings. The summed E-state index contributed by atoms with van der Waals surface area (Å²) in [5, 5.41) is 0. The fourth-order valence-electron chi connectivity index (χ4n) is 2.71. The third kappa shape index (κ3) is 3.62. The van der Waals surface area contributed by atoms with Crippen molar-refractivity contribution in [2.24, 2.45) is 11.7 Å². The molecule has 1 aliphatic rings. The van der Waals surface area contributed by atoms with Crippen LogP contribution in [0.25, 0.3) is 0 Å². The maximum Gasteiger partial charge on any atom is 0.124 e. The predicted octanol–water partition coefficient (Wildman–Crippen LogP) is 4.46. The molecular formula is C14H21BrClNO. The lowest BCUT2D eigenvalue weighted by Crippen LogP contribution is -2.24. The molecule has 1 aliphatic carbocycles. The minimum absolute atomic E-state index is 0. The maximum atomic E-state index is 6.40. The topological polar surface area (TPSA) is 35.2 Å². The van der Waals surface area contributed by atoms with Gasteiger partial charge in [-0.25, -0.2) is 0 Å². The van der Waals surface area contributed by atoms with Crippen LogP contribution in [0.1, 0.15) is 43.7 Å². The van der Waals surface area contributed by atoms with Crippen molar-refractivity contribution in [2.75, 3.05) is 7.11 Å². The minimum Gasteiger partial charge on any atom is -0.496 e. The Labute approximate surface area is 124 Å². The van der Waals surface area contributed by atoms with E-state index in [0.717, 1.165) is 15.8 Å². The van der Waals surface area contributed by atoms with Crippen molar-refractivity contribution in [1.29, 1.82) is 0 Å². The number of nitrogens with two attached hydrogens (primary N) is 1. The molecule has 0 saturated heterocycles. The third-order valence-electron chi connectivity index (χ3n) is 3.71. The number of halogens is 2. The summed E-state index contributed by atoms with van der Waals surface area (Å²) in [5.74, 6) is 1.51. The van der Waals surface area contributed by atoms with Gasteiger partial charge in [-0.05, 0) is 30.9 Å². The Bertz CT molecular complexity index is 380. The zero-order valence-corrected chi connectivity index (χ0v) is 13.1. The van der Waals surface area contributed by atoms with Crippen molar-refractivity contribution in [2.45, 2.75) is 38.1 Å². The first-order valence-corrected chi connectivity index (χ1v) is 7.10. The summed E-state index contributed by atoms with van der Waals surface area (Å²) in [6.07, 6.45) is 6.50. The molecule has 2 N–H and O–H groups in total. The summed E-state index contributed by atoms with van der Waals surface area (Å²) in [7, 11) is 1.71. The second-order valence-electron chi connectivity index (χ2n) is 4.81. The number of rotatable bonds is 3. The molecule has 0 radical (unpaired) electrons. The molecule has 0 amide bonds. The van der Waals surface area contributed by atoms with Gasteiger partial charge in [0.25, 0.3) is 0 Å². The van der Waals surface area contributed by atoms with Gasteiger partial charge in [-0.1, -0.05) is 41.3 Å². The summed E-state index contributed by atoms with van der Waals surface area (Å²) in [6.45, 7) is 0. The normalized spacial score (nSPS) is 17.9. The average molecular weight is 335 g/mol. The lowest BCUT2D eigenvalue weighted by Gasteiger charge is -2.28. The van der Waals surface area contributed by atoms with Crippen LogP contribution < -0.4 is 10.5 Å². The fraction of sp³-hybridized carbons (Fsp3) is 0.571. The molecule has 2 nitrogen and oxygen atoms in total. The molecule has 4 heteroatoms. The molecule has 1 fully saturated rings. The minimum atomic E-state index is 0. The highest BCUT2D eigenvalue weighted by Crippen LogP contribution is 2.37. The van der Waals surface area contributed by atoms with E-state index in [1.54, 1.807) is 7.11 Å². The van der Waals surface area contributed by atoms with Crippen LogP contribution in [0.15, 0.2) is 22.7 Å². The van der Waals surface area contributed by atoms with Gasteiger partial charge in [0.15, 0.2) is 0 Å². The standard InChI is InChI=1S/C14H20BrNO.ClH/c1-17-13-9-11(15)7-8-12(13)14(16)10-5-3-2-4-6-10;/h7-10,14H,2-6,16H2,1H3;1H/t14-;/m0./s1. The van der Waals surface area contributed by atoms with Gasteiger partial charge in [0.2, 0.25) is 0 Å². The largest absolute Gasteiger partial charge is 0.496 e. The van der Waals surface area contributed by atoms with E-state index in [1.807, 2.05) is 12.1 Å². The number of methoxy groups -OCH3 is 1. The summed E-state index contributed by atoms with van der Waals surface area (Å²) < 4.78 is 6.46. The van der Waals surface area contributed by atoms with E-state index in [-0.39, 0.29) is 18.4 Å². The SMILES string of the molecule is COc1cc(Br)ccc1[C@@H](N)C1CCCCC1.Cl. The lowest BCUT2D eigenvalue weighted by molar-refractivity contribution is 0.301. The third-order valence-corrected chi connectivity index (χ3v) is 4.21. The van der Waals surface area contributed by atoms with Crippen LogP contribution in [0.2, 0.25) is 0 Å². The number of hydrogen-bond acceptors (Lipinski definition) is 2. The molecule has 18 heavy (non-hydrogen) atoms. The Morgan fingerprint density at radius 2 is 1.94 bits per heavy atom. The van der Waals surface area contributed by atoms with Gasteiger partial charge in [0, 0.05) is 16.1 Å². The van der Waals surface area contributed by atoms with Crippen LogP contribution >= 0.6 is 28.3 Å². The van der Waals surface area contributed by atoms with Crippen LogP contribution in [0, 0.1) is 5.92 Å². The summed E-state index contributed by atoms with van der Waals surface area (Å²) >= 11 is 3.46. The zero-order valence-electron chi connectivity index (χ0n) is 10.7. The van der Waals surface area contributed by atoms with Crippen LogP contribution in [-0.4, -0.2) is 7.11 Å². The monoisotopic (exact) mass is 333 g/mol. The van der Waals surface area contributed by atoms with Crippen LogP contribution in [-0.2, 0) is 0 Å². The van der Waals surface area contributed by atoms with Crippen molar-refractivity contribution < 1.29 is 4.74 Å². The van der Waals surface area contributed by atoms with Crippen molar-refractivity contribution in [3.63, 3.8) is 0 Å². The Balaban J connectivity index is 0.00000162. The van der Waals surface area contributed by atoms with E-state index in [1.165, 1.54) is 32.1 Å². The van der Waals surface area contributed by atoms with Gasteiger partial charge >= 0.3 is 0 Å². The Morgan fingerprint density at radius 3 is 2.56 bits per heavy atom. The zero-order chi connectivity index (χ0) is 12.3. The molecule has 0 bridgehead atoms. The van der Waals surface area contributed by atoms with Gasteiger partial charge in [-0.2, -0.15) is 0 Å². The molecule has 102 valence electrons. The van der Waals surface area contributed by atoms with E-state index in [2.05, 4.69) is 22.0 Å². The van der Waals surface area contributed by atoms with Gasteiger partial charge < -0.3 is 10.5 Å². The van der Waals surface area contributed by atoms with E-state index in [9.17, 15) is 0 Å². The number of ether oxygens (including phenoxy) is 1. The maximum absolute atomic E-state index is 6.40. The van der Waals surface area contributed by atoms with E-state index in [0.29, 0.717) is 5.92 Å². The van der Waals surface area contributed by atoms with Crippen LogP contribution in [0.3, 0.4) is 0 Å². The summed E-state index contributed by atoms with van der Waals surface area (Å²) in [5.41, 5.74) is 7.54. The van der Waals surface area contributed by atoms with Gasteiger partial charge in [-0.15, -0.1) is 12.4 Å². The molecule has 0 aliphatic heterocycles. The highest BCUT2D eigenvalue weighted by Gasteiger charge is 2.24. The fourth-order valence-corrected chi connectivity index (χ4v) is 3.05. The molecule has 1 atom stereocenters. The molecule has 1 aromatic carbocycles. The van der Waals surface area contributed by atoms with Crippen LogP contribution in [0.4, 0.5) is 0 Å². The summed E-state index contributed by atoms with van der Waals surface area (Å²) in [4.78, 5) is 0. The lowest BCUT2D eigenvalue weighted by atomic mass is 9.81. The van der Waals surface area contributed by atoms with Crippen molar-refractivity contribution in [3.05, 3.63) is 28.2 Å². The first-order chi connectivity index (χ1) is 8.22. The van der Waals surface area contributed by atoms with Gasteiger partial charge in [0.05, 0.1) is 7.11 Å². The predicted molar refractivity (Wildman–Crippen MR) is 81.4 cm³/mol. The average Bonchev–Trinajstić information content (AvgIpc) is 2.39.